The maximum atomic E-state index is 4.89. The van der Waals surface area contributed by atoms with Crippen LogP contribution in [0.4, 0.5) is 0 Å². The molecule has 0 fully saturated rings. The average Bonchev–Trinajstić information content (AvgIpc) is 2.29. The Balaban J connectivity index is 2.49. The van der Waals surface area contributed by atoms with Crippen LogP contribution in [-0.4, -0.2) is 18.4 Å². The Hall–Kier alpha value is -1.42. The number of rotatable bonds is 3. The van der Waals surface area contributed by atoms with Gasteiger partial charge in [0.15, 0.2) is 5.11 Å². The molecule has 4 heteroatoms. The molecule has 1 aromatic carbocycles. The lowest BCUT2D eigenvalue weighted by atomic mass is 10.0. The quantitative estimate of drug-likeness (QED) is 0.465. The molecule has 15 heavy (non-hydrogen) atoms. The number of hydrogen-bond donors (Lipinski definition) is 2. The summed E-state index contributed by atoms with van der Waals surface area (Å²) in [7, 11) is 1.76. The Morgan fingerprint density at radius 1 is 1.40 bits per heavy atom. The van der Waals surface area contributed by atoms with Crippen molar-refractivity contribution in [2.45, 2.75) is 12.8 Å². The predicted molar refractivity (Wildman–Crippen MR) is 68.1 cm³/mol. The molecule has 0 saturated heterocycles. The van der Waals surface area contributed by atoms with Crippen molar-refractivity contribution in [2.75, 3.05) is 7.05 Å². The molecular formula is C11H15N3S. The van der Waals surface area contributed by atoms with Crippen LogP contribution >= 0.6 is 12.2 Å². The molecule has 3 nitrogen and oxygen atoms in total. The largest absolute Gasteiger partial charge is 0.364 e. The lowest BCUT2D eigenvalue weighted by Gasteiger charge is -2.05. The second kappa shape index (κ2) is 6.14. The van der Waals surface area contributed by atoms with Gasteiger partial charge in [0.2, 0.25) is 0 Å². The number of nitrogens with one attached hydrogen (secondary N) is 2. The van der Waals surface area contributed by atoms with Crippen molar-refractivity contribution in [3.63, 3.8) is 0 Å². The summed E-state index contributed by atoms with van der Waals surface area (Å²) in [6, 6.07) is 10.2. The van der Waals surface area contributed by atoms with Gasteiger partial charge in [0.05, 0.1) is 0 Å². The topological polar surface area (TPSA) is 36.4 Å². The summed E-state index contributed by atoms with van der Waals surface area (Å²) in [5.74, 6) is 0.276. The first-order valence-corrected chi connectivity index (χ1v) is 5.20. The minimum absolute atomic E-state index is 0.276. The highest BCUT2D eigenvalue weighted by molar-refractivity contribution is 7.80. The molecule has 0 aromatic heterocycles. The summed E-state index contributed by atoms with van der Waals surface area (Å²) in [6.45, 7) is 2.09. The van der Waals surface area contributed by atoms with E-state index in [2.05, 4.69) is 34.9 Å². The third kappa shape index (κ3) is 4.08. The van der Waals surface area contributed by atoms with Gasteiger partial charge in [0.1, 0.15) is 0 Å². The molecule has 1 atom stereocenters. The van der Waals surface area contributed by atoms with E-state index in [1.807, 2.05) is 24.4 Å². The van der Waals surface area contributed by atoms with Gasteiger partial charge >= 0.3 is 0 Å². The van der Waals surface area contributed by atoms with E-state index in [4.69, 9.17) is 12.2 Å². The van der Waals surface area contributed by atoms with Crippen molar-refractivity contribution >= 4 is 23.5 Å². The number of hydrazone groups is 1. The highest BCUT2D eigenvalue weighted by Crippen LogP contribution is 2.11. The molecule has 0 spiro atoms. The fourth-order valence-corrected chi connectivity index (χ4v) is 1.16. The zero-order chi connectivity index (χ0) is 11.1. The van der Waals surface area contributed by atoms with Gasteiger partial charge in [-0.3, -0.25) is 5.43 Å². The molecule has 0 unspecified atom stereocenters. The highest BCUT2D eigenvalue weighted by atomic mass is 32.1. The minimum Gasteiger partial charge on any atom is -0.364 e. The maximum absolute atomic E-state index is 4.89. The standard InChI is InChI=1S/C11H15N3S/c1-9(8-13-14-11(15)12-2)10-6-4-3-5-7-10/h3-9H,1-2H3,(H2,12,14,15)/b13-8+/t9-/m0/s1. The molecular weight excluding hydrogens is 206 g/mol. The third-order valence-corrected chi connectivity index (χ3v) is 2.31. The van der Waals surface area contributed by atoms with E-state index in [1.54, 1.807) is 7.05 Å². The van der Waals surface area contributed by atoms with Crippen LogP contribution in [-0.2, 0) is 0 Å². The van der Waals surface area contributed by atoms with E-state index in [1.165, 1.54) is 5.56 Å². The van der Waals surface area contributed by atoms with Crippen LogP contribution in [0.1, 0.15) is 18.4 Å². The van der Waals surface area contributed by atoms with Gasteiger partial charge in [-0.25, -0.2) is 0 Å². The summed E-state index contributed by atoms with van der Waals surface area (Å²) in [4.78, 5) is 0. The Labute approximate surface area is 95.6 Å². The molecule has 80 valence electrons. The van der Waals surface area contributed by atoms with Gasteiger partial charge in [-0.15, -0.1) is 0 Å². The number of thiocarbonyl (C=S) groups is 1. The molecule has 0 radical (unpaired) electrons. The van der Waals surface area contributed by atoms with Gasteiger partial charge in [0.25, 0.3) is 0 Å². The van der Waals surface area contributed by atoms with Gasteiger partial charge in [-0.2, -0.15) is 5.10 Å². The van der Waals surface area contributed by atoms with Crippen LogP contribution in [0.25, 0.3) is 0 Å². The Kier molecular flexibility index (Phi) is 4.77. The Bertz CT molecular complexity index is 335. The average molecular weight is 221 g/mol. The van der Waals surface area contributed by atoms with E-state index in [-0.39, 0.29) is 5.92 Å². The Morgan fingerprint density at radius 2 is 2.07 bits per heavy atom. The van der Waals surface area contributed by atoms with Crippen molar-refractivity contribution < 1.29 is 0 Å². The first-order valence-electron chi connectivity index (χ1n) is 4.80. The molecule has 0 amide bonds. The highest BCUT2D eigenvalue weighted by Gasteiger charge is 1.99. The van der Waals surface area contributed by atoms with E-state index in [9.17, 15) is 0 Å². The summed E-state index contributed by atoms with van der Waals surface area (Å²) in [5.41, 5.74) is 3.96. The molecule has 0 saturated carbocycles. The number of hydrogen-bond acceptors (Lipinski definition) is 2. The van der Waals surface area contributed by atoms with Gasteiger partial charge in [-0.05, 0) is 17.8 Å². The van der Waals surface area contributed by atoms with Crippen molar-refractivity contribution in [1.82, 2.24) is 10.7 Å². The smallest absolute Gasteiger partial charge is 0.186 e. The summed E-state index contributed by atoms with van der Waals surface area (Å²) < 4.78 is 0. The van der Waals surface area contributed by atoms with Gasteiger partial charge in [0, 0.05) is 19.2 Å². The van der Waals surface area contributed by atoms with Crippen LogP contribution < -0.4 is 10.7 Å². The third-order valence-electron chi connectivity index (χ3n) is 2.02. The zero-order valence-corrected chi connectivity index (χ0v) is 9.71. The van der Waals surface area contributed by atoms with Crippen LogP contribution in [0, 0.1) is 0 Å². The second-order valence-electron chi connectivity index (χ2n) is 3.17. The molecule has 0 aliphatic heterocycles. The molecule has 0 heterocycles. The van der Waals surface area contributed by atoms with Crippen molar-refractivity contribution in [1.29, 1.82) is 0 Å². The molecule has 1 aromatic rings. The van der Waals surface area contributed by atoms with E-state index < -0.39 is 0 Å². The van der Waals surface area contributed by atoms with Crippen molar-refractivity contribution in [2.24, 2.45) is 5.10 Å². The molecule has 0 bridgehead atoms. The van der Waals surface area contributed by atoms with Crippen molar-refractivity contribution in [3.05, 3.63) is 35.9 Å². The fourth-order valence-electron chi connectivity index (χ4n) is 1.11. The SMILES string of the molecule is CNC(=S)N/N=C/[C@H](C)c1ccccc1. The lowest BCUT2D eigenvalue weighted by molar-refractivity contribution is 0.950. The van der Waals surface area contributed by atoms with Crippen molar-refractivity contribution in [3.8, 4) is 0 Å². The Morgan fingerprint density at radius 3 is 2.67 bits per heavy atom. The van der Waals surface area contributed by atoms with Crippen LogP contribution in [0.15, 0.2) is 35.4 Å². The fraction of sp³-hybridized carbons (Fsp3) is 0.273. The van der Waals surface area contributed by atoms with Crippen LogP contribution in [0.5, 0.6) is 0 Å². The van der Waals surface area contributed by atoms with Crippen LogP contribution in [0.2, 0.25) is 0 Å². The summed E-state index contributed by atoms with van der Waals surface area (Å²) >= 11 is 4.89. The molecule has 1 rings (SSSR count). The monoisotopic (exact) mass is 221 g/mol. The van der Waals surface area contributed by atoms with E-state index in [0.717, 1.165) is 0 Å². The number of nitrogens with zero attached hydrogens (tertiary/aromatic N) is 1. The molecule has 2 N–H and O–H groups in total. The normalized spacial score (nSPS) is 12.4. The van der Waals surface area contributed by atoms with E-state index in [0.29, 0.717) is 5.11 Å². The van der Waals surface area contributed by atoms with Gasteiger partial charge < -0.3 is 5.32 Å². The number of benzene rings is 1. The second-order valence-corrected chi connectivity index (χ2v) is 3.58. The maximum Gasteiger partial charge on any atom is 0.186 e. The lowest BCUT2D eigenvalue weighted by Crippen LogP contribution is -2.28. The summed E-state index contributed by atoms with van der Waals surface area (Å²) in [5, 5.41) is 7.34. The first kappa shape index (κ1) is 11.7. The predicted octanol–water partition coefficient (Wildman–Crippen LogP) is 1.87. The molecule has 0 aliphatic carbocycles. The zero-order valence-electron chi connectivity index (χ0n) is 8.90. The van der Waals surface area contributed by atoms with Gasteiger partial charge in [-0.1, -0.05) is 37.3 Å². The summed E-state index contributed by atoms with van der Waals surface area (Å²) in [6.07, 6.45) is 1.83. The first-order chi connectivity index (χ1) is 7.24. The van der Waals surface area contributed by atoms with Crippen LogP contribution in [0.3, 0.4) is 0 Å². The minimum atomic E-state index is 0.276. The molecule has 0 aliphatic rings. The van der Waals surface area contributed by atoms with E-state index >= 15 is 0 Å².